The Morgan fingerprint density at radius 3 is 3.00 bits per heavy atom. The van der Waals surface area contributed by atoms with Crippen LogP contribution < -0.4 is 5.73 Å². The van der Waals surface area contributed by atoms with Crippen LogP contribution in [0.25, 0.3) is 0 Å². The van der Waals surface area contributed by atoms with Gasteiger partial charge >= 0.3 is 0 Å². The summed E-state index contributed by atoms with van der Waals surface area (Å²) < 4.78 is 0. The largest absolute Gasteiger partial charge is 0.394 e. The first-order valence-electron chi connectivity index (χ1n) is 4.82. The SMILES string of the molecule is CC(CN)C(=O)N1CCC[C@@H]1CO. The second-order valence-corrected chi connectivity index (χ2v) is 3.65. The zero-order valence-electron chi connectivity index (χ0n) is 8.07. The Hall–Kier alpha value is -0.610. The molecule has 1 aliphatic heterocycles. The Morgan fingerprint density at radius 1 is 1.77 bits per heavy atom. The number of nitrogens with zero attached hydrogens (tertiary/aromatic N) is 1. The molecule has 76 valence electrons. The van der Waals surface area contributed by atoms with Crippen LogP contribution in [0.5, 0.6) is 0 Å². The van der Waals surface area contributed by atoms with E-state index in [-0.39, 0.29) is 24.5 Å². The smallest absolute Gasteiger partial charge is 0.227 e. The van der Waals surface area contributed by atoms with E-state index in [1.54, 1.807) is 4.90 Å². The molecular formula is C9H18N2O2. The number of aliphatic hydroxyl groups excluding tert-OH is 1. The Bertz CT molecular complexity index is 184. The molecule has 0 spiro atoms. The normalized spacial score (nSPS) is 24.8. The van der Waals surface area contributed by atoms with Crippen molar-refractivity contribution >= 4 is 5.91 Å². The maximum atomic E-state index is 11.7. The molecule has 0 saturated carbocycles. The number of likely N-dealkylation sites (tertiary alicyclic amines) is 1. The fourth-order valence-corrected chi connectivity index (χ4v) is 1.70. The van der Waals surface area contributed by atoms with E-state index in [1.807, 2.05) is 6.92 Å². The van der Waals surface area contributed by atoms with Gasteiger partial charge in [-0.1, -0.05) is 6.92 Å². The van der Waals surface area contributed by atoms with Crippen molar-refractivity contribution in [1.29, 1.82) is 0 Å². The Balaban J connectivity index is 2.54. The van der Waals surface area contributed by atoms with Crippen LogP contribution >= 0.6 is 0 Å². The van der Waals surface area contributed by atoms with Crippen LogP contribution in [0.3, 0.4) is 0 Å². The molecule has 0 radical (unpaired) electrons. The maximum absolute atomic E-state index is 11.7. The first-order valence-corrected chi connectivity index (χ1v) is 4.82. The summed E-state index contributed by atoms with van der Waals surface area (Å²) in [5.41, 5.74) is 5.42. The lowest BCUT2D eigenvalue weighted by molar-refractivity contribution is -0.136. The number of rotatable bonds is 3. The van der Waals surface area contributed by atoms with Crippen LogP contribution in [-0.4, -0.2) is 41.7 Å². The lowest BCUT2D eigenvalue weighted by Gasteiger charge is -2.25. The minimum atomic E-state index is -0.118. The van der Waals surface area contributed by atoms with E-state index in [1.165, 1.54) is 0 Å². The van der Waals surface area contributed by atoms with Gasteiger partial charge in [-0.15, -0.1) is 0 Å². The summed E-state index contributed by atoms with van der Waals surface area (Å²) in [7, 11) is 0. The van der Waals surface area contributed by atoms with Crippen LogP contribution in [-0.2, 0) is 4.79 Å². The van der Waals surface area contributed by atoms with Crippen molar-refractivity contribution in [2.45, 2.75) is 25.8 Å². The molecule has 0 aromatic carbocycles. The van der Waals surface area contributed by atoms with Crippen LogP contribution in [0.1, 0.15) is 19.8 Å². The van der Waals surface area contributed by atoms with E-state index >= 15 is 0 Å². The van der Waals surface area contributed by atoms with E-state index in [9.17, 15) is 4.79 Å². The third kappa shape index (κ3) is 2.19. The van der Waals surface area contributed by atoms with Gasteiger partial charge in [0.05, 0.1) is 12.6 Å². The minimum absolute atomic E-state index is 0.0292. The van der Waals surface area contributed by atoms with Gasteiger partial charge in [0.25, 0.3) is 0 Å². The molecule has 1 heterocycles. The van der Waals surface area contributed by atoms with E-state index in [4.69, 9.17) is 10.8 Å². The summed E-state index contributed by atoms with van der Waals surface area (Å²) in [6, 6.07) is 0.0292. The molecule has 1 saturated heterocycles. The molecule has 1 unspecified atom stereocenters. The fourth-order valence-electron chi connectivity index (χ4n) is 1.70. The molecule has 0 aliphatic carbocycles. The molecule has 13 heavy (non-hydrogen) atoms. The van der Waals surface area contributed by atoms with Gasteiger partial charge in [-0.2, -0.15) is 0 Å². The summed E-state index contributed by atoms with van der Waals surface area (Å²) in [4.78, 5) is 13.4. The van der Waals surface area contributed by atoms with Gasteiger partial charge in [0.2, 0.25) is 5.91 Å². The monoisotopic (exact) mass is 186 g/mol. The predicted molar refractivity (Wildman–Crippen MR) is 50.0 cm³/mol. The van der Waals surface area contributed by atoms with Crippen molar-refractivity contribution in [3.8, 4) is 0 Å². The first-order chi connectivity index (χ1) is 6.20. The molecule has 1 aliphatic rings. The molecule has 2 atom stereocenters. The van der Waals surface area contributed by atoms with Gasteiger partial charge in [0.15, 0.2) is 0 Å². The molecule has 0 aromatic heterocycles. The fraction of sp³-hybridized carbons (Fsp3) is 0.889. The number of hydrogen-bond acceptors (Lipinski definition) is 3. The number of carbonyl (C=O) groups excluding carboxylic acids is 1. The molecule has 1 fully saturated rings. The number of carbonyl (C=O) groups is 1. The number of hydrogen-bond donors (Lipinski definition) is 2. The van der Waals surface area contributed by atoms with Gasteiger partial charge in [-0.05, 0) is 12.8 Å². The van der Waals surface area contributed by atoms with Crippen molar-refractivity contribution in [2.75, 3.05) is 19.7 Å². The lowest BCUT2D eigenvalue weighted by Crippen LogP contribution is -2.42. The second-order valence-electron chi connectivity index (χ2n) is 3.65. The van der Waals surface area contributed by atoms with Gasteiger partial charge < -0.3 is 15.7 Å². The van der Waals surface area contributed by atoms with Crippen molar-refractivity contribution in [2.24, 2.45) is 11.7 Å². The standard InChI is InChI=1S/C9H18N2O2/c1-7(5-10)9(13)11-4-2-3-8(11)6-12/h7-8,12H,2-6,10H2,1H3/t7?,8-/m1/s1. The first kappa shape index (κ1) is 10.5. The molecule has 3 N–H and O–H groups in total. The summed E-state index contributed by atoms with van der Waals surface area (Å²) >= 11 is 0. The van der Waals surface area contributed by atoms with Crippen molar-refractivity contribution in [3.05, 3.63) is 0 Å². The lowest BCUT2D eigenvalue weighted by atomic mass is 10.1. The Morgan fingerprint density at radius 2 is 2.46 bits per heavy atom. The number of nitrogens with two attached hydrogens (primary N) is 1. The summed E-state index contributed by atoms with van der Waals surface area (Å²) in [6.45, 7) is 3.06. The van der Waals surface area contributed by atoms with Crippen molar-refractivity contribution < 1.29 is 9.90 Å². The van der Waals surface area contributed by atoms with Gasteiger partial charge in [-0.25, -0.2) is 0 Å². The highest BCUT2D eigenvalue weighted by molar-refractivity contribution is 5.79. The van der Waals surface area contributed by atoms with Gasteiger partial charge in [0.1, 0.15) is 0 Å². The topological polar surface area (TPSA) is 66.6 Å². The number of aliphatic hydroxyl groups is 1. The van der Waals surface area contributed by atoms with E-state index < -0.39 is 0 Å². The van der Waals surface area contributed by atoms with E-state index in [0.717, 1.165) is 19.4 Å². The minimum Gasteiger partial charge on any atom is -0.394 e. The zero-order valence-corrected chi connectivity index (χ0v) is 8.07. The molecular weight excluding hydrogens is 168 g/mol. The molecule has 1 amide bonds. The Labute approximate surface area is 78.7 Å². The third-order valence-corrected chi connectivity index (χ3v) is 2.65. The van der Waals surface area contributed by atoms with E-state index in [0.29, 0.717) is 6.54 Å². The summed E-state index contributed by atoms with van der Waals surface area (Å²) in [6.07, 6.45) is 1.91. The highest BCUT2D eigenvalue weighted by Gasteiger charge is 2.29. The third-order valence-electron chi connectivity index (χ3n) is 2.65. The highest BCUT2D eigenvalue weighted by atomic mass is 16.3. The zero-order chi connectivity index (χ0) is 9.84. The van der Waals surface area contributed by atoms with Crippen LogP contribution in [0.4, 0.5) is 0 Å². The van der Waals surface area contributed by atoms with Crippen LogP contribution in [0, 0.1) is 5.92 Å². The molecule has 0 bridgehead atoms. The van der Waals surface area contributed by atoms with Gasteiger partial charge in [0, 0.05) is 19.0 Å². The van der Waals surface area contributed by atoms with Crippen LogP contribution in [0.15, 0.2) is 0 Å². The summed E-state index contributed by atoms with van der Waals surface area (Å²) in [5, 5.41) is 9.01. The summed E-state index contributed by atoms with van der Waals surface area (Å²) in [5.74, 6) is -0.0359. The quantitative estimate of drug-likeness (QED) is 0.628. The Kier molecular flexibility index (Phi) is 3.69. The molecule has 1 rings (SSSR count). The van der Waals surface area contributed by atoms with Crippen molar-refractivity contribution in [3.63, 3.8) is 0 Å². The predicted octanol–water partition coefficient (Wildman–Crippen LogP) is -0.435. The van der Waals surface area contributed by atoms with Gasteiger partial charge in [-0.3, -0.25) is 4.79 Å². The maximum Gasteiger partial charge on any atom is 0.227 e. The van der Waals surface area contributed by atoms with Crippen molar-refractivity contribution in [1.82, 2.24) is 4.90 Å². The average Bonchev–Trinajstić information content (AvgIpc) is 2.62. The highest BCUT2D eigenvalue weighted by Crippen LogP contribution is 2.18. The molecule has 4 heteroatoms. The molecule has 4 nitrogen and oxygen atoms in total. The number of amides is 1. The second kappa shape index (κ2) is 4.58. The average molecular weight is 186 g/mol. The van der Waals surface area contributed by atoms with E-state index in [2.05, 4.69) is 0 Å². The molecule has 0 aromatic rings. The van der Waals surface area contributed by atoms with Crippen LogP contribution in [0.2, 0.25) is 0 Å².